The highest BCUT2D eigenvalue weighted by Gasteiger charge is 2.56. The molecule has 14 heavy (non-hydrogen) atoms. The fourth-order valence-corrected chi connectivity index (χ4v) is 4.42. The van der Waals surface area contributed by atoms with Gasteiger partial charge in [0.2, 0.25) is 0 Å². The van der Waals surface area contributed by atoms with Crippen LogP contribution in [0.3, 0.4) is 0 Å². The summed E-state index contributed by atoms with van der Waals surface area (Å²) in [7, 11) is 2.31. The third-order valence-electron chi connectivity index (χ3n) is 5.01. The van der Waals surface area contributed by atoms with Gasteiger partial charge in [0.15, 0.2) is 0 Å². The van der Waals surface area contributed by atoms with Gasteiger partial charge < -0.3 is 4.90 Å². The van der Waals surface area contributed by atoms with Gasteiger partial charge in [0.05, 0.1) is 0 Å². The van der Waals surface area contributed by atoms with Gasteiger partial charge in [-0.3, -0.25) is 0 Å². The molecule has 2 fully saturated rings. The molecule has 1 saturated carbocycles. The summed E-state index contributed by atoms with van der Waals surface area (Å²) in [6, 6.07) is 0. The van der Waals surface area contributed by atoms with E-state index < -0.39 is 0 Å². The van der Waals surface area contributed by atoms with Crippen molar-refractivity contribution in [1.82, 2.24) is 4.90 Å². The van der Waals surface area contributed by atoms with Crippen molar-refractivity contribution in [1.29, 1.82) is 0 Å². The van der Waals surface area contributed by atoms with Gasteiger partial charge in [0.25, 0.3) is 0 Å². The van der Waals surface area contributed by atoms with Crippen molar-refractivity contribution in [2.24, 2.45) is 10.8 Å². The van der Waals surface area contributed by atoms with E-state index in [4.69, 9.17) is 0 Å². The average Bonchev–Trinajstić information content (AvgIpc) is 2.48. The molecule has 0 aromatic heterocycles. The Hall–Kier alpha value is -0.300. The highest BCUT2D eigenvalue weighted by Crippen LogP contribution is 2.60. The molecule has 0 aromatic rings. The van der Waals surface area contributed by atoms with Gasteiger partial charge in [-0.05, 0) is 43.6 Å². The lowest BCUT2D eigenvalue weighted by atomic mass is 9.53. The van der Waals surface area contributed by atoms with Crippen LogP contribution in [0.4, 0.5) is 0 Å². The fraction of sp³-hybridized carbons (Fsp3) is 0.846. The molecule has 0 bridgehead atoms. The van der Waals surface area contributed by atoms with E-state index in [0.29, 0.717) is 10.8 Å². The van der Waals surface area contributed by atoms with Crippen LogP contribution in [0.2, 0.25) is 0 Å². The minimum absolute atomic E-state index is 0.675. The molecule has 2 atom stereocenters. The normalized spacial score (nSPS) is 47.5. The number of hydrogen-bond donors (Lipinski definition) is 0. The largest absolute Gasteiger partial charge is 0.305 e. The molecule has 0 spiro atoms. The molecule has 1 aliphatic heterocycles. The van der Waals surface area contributed by atoms with Crippen molar-refractivity contribution in [2.45, 2.75) is 38.5 Å². The van der Waals surface area contributed by atoms with Crippen LogP contribution in [0.1, 0.15) is 38.5 Å². The van der Waals surface area contributed by atoms with Crippen LogP contribution >= 0.6 is 0 Å². The van der Waals surface area contributed by atoms with Gasteiger partial charge in [0, 0.05) is 13.1 Å². The van der Waals surface area contributed by atoms with Crippen molar-refractivity contribution in [3.63, 3.8) is 0 Å². The van der Waals surface area contributed by atoms with Gasteiger partial charge >= 0.3 is 0 Å². The lowest BCUT2D eigenvalue weighted by molar-refractivity contribution is 0.0342. The predicted molar refractivity (Wildman–Crippen MR) is 59.2 cm³/mol. The average molecular weight is 191 g/mol. The Morgan fingerprint density at radius 3 is 1.93 bits per heavy atom. The predicted octanol–water partition coefficient (Wildman–Crippen LogP) is 2.83. The second kappa shape index (κ2) is 2.85. The topological polar surface area (TPSA) is 3.24 Å². The molecule has 2 aliphatic carbocycles. The van der Waals surface area contributed by atoms with Crippen LogP contribution in [0.5, 0.6) is 0 Å². The smallest absolute Gasteiger partial charge is 0.00441 e. The number of nitrogens with zero attached hydrogens (tertiary/aromatic N) is 1. The van der Waals surface area contributed by atoms with E-state index in [2.05, 4.69) is 24.1 Å². The third kappa shape index (κ3) is 0.995. The lowest BCUT2D eigenvalue weighted by Gasteiger charge is -2.50. The van der Waals surface area contributed by atoms with Gasteiger partial charge in [-0.25, -0.2) is 0 Å². The zero-order chi connectivity index (χ0) is 9.65. The summed E-state index contributed by atoms with van der Waals surface area (Å²) >= 11 is 0. The summed E-state index contributed by atoms with van der Waals surface area (Å²) < 4.78 is 0. The molecular weight excluding hydrogens is 170 g/mol. The molecule has 3 rings (SSSR count). The SMILES string of the molecule is CN1CC23CC=CCC2(CCCC3)C1. The highest BCUT2D eigenvalue weighted by molar-refractivity contribution is 5.16. The van der Waals surface area contributed by atoms with Gasteiger partial charge in [-0.15, -0.1) is 0 Å². The Kier molecular flexibility index (Phi) is 1.82. The Labute approximate surface area is 87.2 Å². The number of likely N-dealkylation sites (tertiary alicyclic amines) is 1. The maximum Gasteiger partial charge on any atom is 0.00441 e. The first-order valence-corrected chi connectivity index (χ1v) is 6.10. The van der Waals surface area contributed by atoms with E-state index in [1.165, 1.54) is 51.6 Å². The number of rotatable bonds is 0. The Balaban J connectivity index is 2.01. The first kappa shape index (κ1) is 8.96. The van der Waals surface area contributed by atoms with Gasteiger partial charge in [-0.2, -0.15) is 0 Å². The summed E-state index contributed by atoms with van der Waals surface area (Å²) in [5.74, 6) is 0. The van der Waals surface area contributed by atoms with E-state index in [1.54, 1.807) is 0 Å². The molecule has 1 heterocycles. The van der Waals surface area contributed by atoms with E-state index >= 15 is 0 Å². The molecule has 78 valence electrons. The summed E-state index contributed by atoms with van der Waals surface area (Å²) in [5, 5.41) is 0. The molecule has 2 unspecified atom stereocenters. The van der Waals surface area contributed by atoms with Crippen molar-refractivity contribution < 1.29 is 0 Å². The molecule has 1 nitrogen and oxygen atoms in total. The second-order valence-corrected chi connectivity index (χ2v) is 5.82. The Bertz CT molecular complexity index is 244. The van der Waals surface area contributed by atoms with E-state index in [0.717, 1.165) is 0 Å². The van der Waals surface area contributed by atoms with Crippen LogP contribution in [-0.4, -0.2) is 25.0 Å². The maximum atomic E-state index is 2.58. The molecule has 0 radical (unpaired) electrons. The summed E-state index contributed by atoms with van der Waals surface area (Å²) in [6.45, 7) is 2.72. The van der Waals surface area contributed by atoms with Crippen LogP contribution in [0.15, 0.2) is 12.2 Å². The quantitative estimate of drug-likeness (QED) is 0.532. The van der Waals surface area contributed by atoms with E-state index in [1.807, 2.05) is 0 Å². The molecule has 0 N–H and O–H groups in total. The number of allylic oxidation sites excluding steroid dienone is 2. The van der Waals surface area contributed by atoms with Crippen molar-refractivity contribution in [3.05, 3.63) is 12.2 Å². The Morgan fingerprint density at radius 1 is 0.929 bits per heavy atom. The standard InChI is InChI=1S/C13H21N/c1-14-10-12-6-2-3-7-13(12,11-14)9-5-4-8-12/h2-3H,4-11H2,1H3. The van der Waals surface area contributed by atoms with Crippen LogP contribution in [0.25, 0.3) is 0 Å². The molecule has 3 aliphatic rings. The first-order chi connectivity index (χ1) is 6.77. The van der Waals surface area contributed by atoms with Crippen LogP contribution in [-0.2, 0) is 0 Å². The highest BCUT2D eigenvalue weighted by atomic mass is 15.2. The minimum Gasteiger partial charge on any atom is -0.305 e. The maximum absolute atomic E-state index is 2.58. The van der Waals surface area contributed by atoms with Gasteiger partial charge in [0.1, 0.15) is 0 Å². The zero-order valence-corrected chi connectivity index (χ0v) is 9.26. The van der Waals surface area contributed by atoms with Crippen molar-refractivity contribution in [3.8, 4) is 0 Å². The fourth-order valence-electron chi connectivity index (χ4n) is 4.42. The van der Waals surface area contributed by atoms with Gasteiger partial charge in [-0.1, -0.05) is 25.0 Å². The summed E-state index contributed by atoms with van der Waals surface area (Å²) in [6.07, 6.45) is 13.5. The number of hydrogen-bond acceptors (Lipinski definition) is 1. The minimum atomic E-state index is 0.675. The first-order valence-electron chi connectivity index (χ1n) is 6.10. The van der Waals surface area contributed by atoms with Crippen LogP contribution < -0.4 is 0 Å². The van der Waals surface area contributed by atoms with Crippen LogP contribution in [0, 0.1) is 10.8 Å². The van der Waals surface area contributed by atoms with E-state index in [9.17, 15) is 0 Å². The molecule has 1 saturated heterocycles. The lowest BCUT2D eigenvalue weighted by Crippen LogP contribution is -2.44. The zero-order valence-electron chi connectivity index (χ0n) is 9.26. The second-order valence-electron chi connectivity index (χ2n) is 5.82. The Morgan fingerprint density at radius 2 is 1.43 bits per heavy atom. The summed E-state index contributed by atoms with van der Waals surface area (Å²) in [4.78, 5) is 2.58. The third-order valence-corrected chi connectivity index (χ3v) is 5.01. The van der Waals surface area contributed by atoms with Crippen molar-refractivity contribution >= 4 is 0 Å². The molecule has 1 heteroatoms. The van der Waals surface area contributed by atoms with E-state index in [-0.39, 0.29) is 0 Å². The molecular formula is C13H21N. The monoisotopic (exact) mass is 191 g/mol. The summed E-state index contributed by atoms with van der Waals surface area (Å²) in [5.41, 5.74) is 1.35. The van der Waals surface area contributed by atoms with Crippen molar-refractivity contribution in [2.75, 3.05) is 20.1 Å². The molecule has 0 aromatic carbocycles. The molecule has 0 amide bonds.